The van der Waals surface area contributed by atoms with Gasteiger partial charge in [0.15, 0.2) is 0 Å². The topological polar surface area (TPSA) is 55.8 Å². The van der Waals surface area contributed by atoms with Gasteiger partial charge >= 0.3 is 5.97 Å². The Morgan fingerprint density at radius 3 is 2.85 bits per heavy atom. The fraction of sp³-hybridized carbons (Fsp3) is 0.533. The number of aromatic carboxylic acids is 1. The molecule has 0 aromatic heterocycles. The minimum Gasteiger partial charge on any atom is -0.478 e. The molecule has 0 radical (unpaired) electrons. The van der Waals surface area contributed by atoms with Crippen LogP contribution < -0.4 is 5.32 Å². The molecular formula is C15H23N3O2. The second-order valence-corrected chi connectivity index (χ2v) is 5.63. The van der Waals surface area contributed by atoms with Gasteiger partial charge in [0, 0.05) is 37.9 Å². The van der Waals surface area contributed by atoms with Crippen LogP contribution in [0.3, 0.4) is 0 Å². The maximum absolute atomic E-state index is 11.2. The summed E-state index contributed by atoms with van der Waals surface area (Å²) in [5.41, 5.74) is 2.10. The van der Waals surface area contributed by atoms with E-state index >= 15 is 0 Å². The van der Waals surface area contributed by atoms with Gasteiger partial charge in [-0.3, -0.25) is 4.90 Å². The monoisotopic (exact) mass is 277 g/mol. The molecule has 0 amide bonds. The van der Waals surface area contributed by atoms with Crippen molar-refractivity contribution in [1.82, 2.24) is 9.80 Å². The van der Waals surface area contributed by atoms with Crippen molar-refractivity contribution in [3.63, 3.8) is 0 Å². The van der Waals surface area contributed by atoms with Crippen molar-refractivity contribution >= 4 is 11.7 Å². The first-order valence-electron chi connectivity index (χ1n) is 6.94. The number of benzene rings is 1. The molecule has 1 saturated heterocycles. The van der Waals surface area contributed by atoms with Gasteiger partial charge in [-0.15, -0.1) is 0 Å². The molecule has 2 rings (SSSR count). The molecular weight excluding hydrogens is 254 g/mol. The van der Waals surface area contributed by atoms with Crippen LogP contribution in [0.25, 0.3) is 0 Å². The molecule has 1 aliphatic rings. The number of carboxylic acids is 1. The molecule has 1 aromatic rings. The highest BCUT2D eigenvalue weighted by molar-refractivity contribution is 5.94. The zero-order valence-corrected chi connectivity index (χ0v) is 12.4. The largest absolute Gasteiger partial charge is 0.478 e. The Balaban J connectivity index is 2.06. The lowest BCUT2D eigenvalue weighted by atomic mass is 10.1. The van der Waals surface area contributed by atoms with Gasteiger partial charge in [-0.25, -0.2) is 4.79 Å². The molecule has 0 spiro atoms. The van der Waals surface area contributed by atoms with Crippen LogP contribution in [-0.4, -0.2) is 67.2 Å². The van der Waals surface area contributed by atoms with Crippen LogP contribution in [0.2, 0.25) is 0 Å². The molecule has 1 unspecified atom stereocenters. The number of hydrogen-bond donors (Lipinski definition) is 2. The first-order chi connectivity index (χ1) is 9.47. The molecule has 5 nitrogen and oxygen atoms in total. The number of anilines is 1. The Kier molecular flexibility index (Phi) is 4.62. The molecule has 110 valence electrons. The Morgan fingerprint density at radius 2 is 2.15 bits per heavy atom. The smallest absolute Gasteiger partial charge is 0.337 e. The summed E-state index contributed by atoms with van der Waals surface area (Å²) in [5, 5.41) is 12.5. The molecule has 5 heteroatoms. The summed E-state index contributed by atoms with van der Waals surface area (Å²) in [4.78, 5) is 15.9. The van der Waals surface area contributed by atoms with Crippen molar-refractivity contribution < 1.29 is 9.90 Å². The van der Waals surface area contributed by atoms with Crippen molar-refractivity contribution in [2.75, 3.05) is 45.6 Å². The number of rotatable bonds is 4. The third-order valence-electron chi connectivity index (χ3n) is 3.91. The fourth-order valence-corrected chi connectivity index (χ4v) is 2.54. The van der Waals surface area contributed by atoms with E-state index in [0.29, 0.717) is 17.3 Å². The van der Waals surface area contributed by atoms with Crippen LogP contribution in [0.1, 0.15) is 15.9 Å². The second kappa shape index (κ2) is 6.24. The van der Waals surface area contributed by atoms with Crippen molar-refractivity contribution in [3.8, 4) is 0 Å². The van der Waals surface area contributed by atoms with E-state index in [1.54, 1.807) is 6.07 Å². The first-order valence-corrected chi connectivity index (χ1v) is 6.94. The average Bonchev–Trinajstić information content (AvgIpc) is 2.39. The van der Waals surface area contributed by atoms with Crippen LogP contribution in [0, 0.1) is 6.92 Å². The van der Waals surface area contributed by atoms with Gasteiger partial charge in [0.25, 0.3) is 0 Å². The number of likely N-dealkylation sites (N-methyl/N-ethyl adjacent to an activating group) is 2. The molecule has 0 bridgehead atoms. The van der Waals surface area contributed by atoms with Crippen molar-refractivity contribution in [3.05, 3.63) is 29.3 Å². The summed E-state index contributed by atoms with van der Waals surface area (Å²) in [6.45, 7) is 5.85. The zero-order chi connectivity index (χ0) is 14.7. The lowest BCUT2D eigenvalue weighted by Gasteiger charge is -2.38. The number of hydrogen-bond acceptors (Lipinski definition) is 4. The lowest BCUT2D eigenvalue weighted by Crippen LogP contribution is -2.52. The summed E-state index contributed by atoms with van der Waals surface area (Å²) < 4.78 is 0. The highest BCUT2D eigenvalue weighted by Gasteiger charge is 2.22. The summed E-state index contributed by atoms with van der Waals surface area (Å²) in [6, 6.07) is 5.79. The Morgan fingerprint density at radius 1 is 1.40 bits per heavy atom. The van der Waals surface area contributed by atoms with Crippen LogP contribution in [0.15, 0.2) is 18.2 Å². The average molecular weight is 277 g/mol. The molecule has 0 aliphatic carbocycles. The third-order valence-corrected chi connectivity index (χ3v) is 3.91. The van der Waals surface area contributed by atoms with E-state index in [-0.39, 0.29) is 0 Å². The van der Waals surface area contributed by atoms with E-state index < -0.39 is 5.97 Å². The predicted molar refractivity (Wildman–Crippen MR) is 80.5 cm³/mol. The van der Waals surface area contributed by atoms with Gasteiger partial charge in [-0.1, -0.05) is 6.07 Å². The first kappa shape index (κ1) is 14.8. The summed E-state index contributed by atoms with van der Waals surface area (Å²) in [7, 11) is 4.24. The van der Waals surface area contributed by atoms with Gasteiger partial charge in [0.1, 0.15) is 0 Å². The number of nitrogens with one attached hydrogen (secondary N) is 1. The standard InChI is InChI=1S/C15H23N3O2/c1-11-4-5-13(15(19)20)14(8-11)16-9-12-10-17(2)6-7-18(12)3/h4-5,8,12,16H,6-7,9-10H2,1-3H3,(H,19,20). The minimum atomic E-state index is -0.887. The summed E-state index contributed by atoms with van der Waals surface area (Å²) in [6.07, 6.45) is 0. The Hall–Kier alpha value is -1.59. The summed E-state index contributed by atoms with van der Waals surface area (Å²) in [5.74, 6) is -0.887. The molecule has 20 heavy (non-hydrogen) atoms. The zero-order valence-electron chi connectivity index (χ0n) is 12.4. The number of piperazine rings is 1. The molecule has 1 aromatic carbocycles. The lowest BCUT2D eigenvalue weighted by molar-refractivity contribution is 0.0698. The fourth-order valence-electron chi connectivity index (χ4n) is 2.54. The molecule has 1 atom stereocenters. The second-order valence-electron chi connectivity index (χ2n) is 5.63. The van der Waals surface area contributed by atoms with Crippen molar-refractivity contribution in [2.45, 2.75) is 13.0 Å². The highest BCUT2D eigenvalue weighted by atomic mass is 16.4. The SMILES string of the molecule is Cc1ccc(C(=O)O)c(NCC2CN(C)CCN2C)c1. The summed E-state index contributed by atoms with van der Waals surface area (Å²) >= 11 is 0. The van der Waals surface area contributed by atoms with E-state index in [9.17, 15) is 9.90 Å². The van der Waals surface area contributed by atoms with Crippen LogP contribution in [-0.2, 0) is 0 Å². The van der Waals surface area contributed by atoms with Crippen LogP contribution in [0.4, 0.5) is 5.69 Å². The number of aryl methyl sites for hydroxylation is 1. The van der Waals surface area contributed by atoms with E-state index in [1.165, 1.54) is 0 Å². The highest BCUT2D eigenvalue weighted by Crippen LogP contribution is 2.18. The van der Waals surface area contributed by atoms with Gasteiger partial charge in [-0.05, 0) is 38.7 Å². The van der Waals surface area contributed by atoms with Gasteiger partial charge in [-0.2, -0.15) is 0 Å². The van der Waals surface area contributed by atoms with Gasteiger partial charge in [0.05, 0.1) is 5.56 Å². The number of nitrogens with zero attached hydrogens (tertiary/aromatic N) is 2. The quantitative estimate of drug-likeness (QED) is 0.870. The number of carboxylic acid groups (broad SMARTS) is 1. The third kappa shape index (κ3) is 3.49. The predicted octanol–water partition coefficient (Wildman–Crippen LogP) is 1.35. The van der Waals surface area contributed by atoms with Crippen molar-refractivity contribution in [2.24, 2.45) is 0 Å². The van der Waals surface area contributed by atoms with E-state index in [1.807, 2.05) is 19.1 Å². The molecule has 0 saturated carbocycles. The van der Waals surface area contributed by atoms with E-state index in [2.05, 4.69) is 29.2 Å². The minimum absolute atomic E-state index is 0.336. The maximum atomic E-state index is 11.2. The Bertz CT molecular complexity index is 490. The van der Waals surface area contributed by atoms with Crippen LogP contribution >= 0.6 is 0 Å². The molecule has 1 aliphatic heterocycles. The molecule has 1 heterocycles. The Labute approximate surface area is 120 Å². The van der Waals surface area contributed by atoms with Crippen molar-refractivity contribution in [1.29, 1.82) is 0 Å². The van der Waals surface area contributed by atoms with E-state index in [0.717, 1.165) is 31.7 Å². The number of carbonyl (C=O) groups is 1. The normalized spacial score (nSPS) is 20.9. The van der Waals surface area contributed by atoms with Gasteiger partial charge < -0.3 is 15.3 Å². The van der Waals surface area contributed by atoms with Gasteiger partial charge in [0.2, 0.25) is 0 Å². The van der Waals surface area contributed by atoms with E-state index in [4.69, 9.17) is 0 Å². The van der Waals surface area contributed by atoms with Crippen LogP contribution in [0.5, 0.6) is 0 Å². The molecule has 1 fully saturated rings. The maximum Gasteiger partial charge on any atom is 0.337 e. The molecule has 2 N–H and O–H groups in total.